The molecule has 0 aromatic heterocycles. The highest BCUT2D eigenvalue weighted by Gasteiger charge is 2.39. The molecule has 0 aliphatic heterocycles. The van der Waals surface area contributed by atoms with E-state index in [1.165, 1.54) is 0 Å². The molecule has 1 atom stereocenters. The van der Waals surface area contributed by atoms with E-state index in [4.69, 9.17) is 0 Å². The maximum Gasteiger partial charge on any atom is 0.423 e. The summed E-state index contributed by atoms with van der Waals surface area (Å²) in [6, 6.07) is 2.04. The number of nitrogens with one attached hydrogen (secondary N) is 1. The van der Waals surface area contributed by atoms with Crippen LogP contribution < -0.4 is 5.32 Å². The van der Waals surface area contributed by atoms with Crippen LogP contribution in [-0.4, -0.2) is 26.9 Å². The minimum absolute atomic E-state index is 0.134. The molecule has 0 saturated carbocycles. The molecule has 0 unspecified atom stereocenters. The minimum atomic E-state index is -4.94. The zero-order chi connectivity index (χ0) is 16.4. The predicted molar refractivity (Wildman–Crippen MR) is 71.1 cm³/mol. The van der Waals surface area contributed by atoms with E-state index in [9.17, 15) is 33.2 Å². The number of hydrogen-bond acceptors (Lipinski definition) is 4. The monoisotopic (exact) mass is 370 g/mol. The Morgan fingerprint density at radius 2 is 2.05 bits per heavy atom. The van der Waals surface area contributed by atoms with Gasteiger partial charge in [-0.3, -0.25) is 14.9 Å². The highest BCUT2D eigenvalue weighted by atomic mass is 79.9. The number of nitrogens with zero attached hydrogens (tertiary/aromatic N) is 1. The van der Waals surface area contributed by atoms with Gasteiger partial charge in [0.25, 0.3) is 11.6 Å². The summed E-state index contributed by atoms with van der Waals surface area (Å²) in [5, 5.41) is 22.2. The van der Waals surface area contributed by atoms with E-state index in [1.807, 2.05) is 0 Å². The number of aliphatic hydroxyl groups is 1. The van der Waals surface area contributed by atoms with Gasteiger partial charge in [-0.05, 0) is 19.1 Å². The first-order valence-electron chi connectivity index (χ1n) is 5.44. The van der Waals surface area contributed by atoms with Crippen LogP contribution in [0.25, 0.3) is 0 Å². The first-order chi connectivity index (χ1) is 9.49. The van der Waals surface area contributed by atoms with Crippen molar-refractivity contribution in [3.05, 3.63) is 33.9 Å². The van der Waals surface area contributed by atoms with Crippen LogP contribution in [0, 0.1) is 10.1 Å². The van der Waals surface area contributed by atoms with Crippen LogP contribution in [-0.2, 0) is 11.0 Å². The molecule has 21 heavy (non-hydrogen) atoms. The molecular weight excluding hydrogens is 361 g/mol. The van der Waals surface area contributed by atoms with Crippen LogP contribution >= 0.6 is 15.9 Å². The molecule has 1 aromatic carbocycles. The van der Waals surface area contributed by atoms with Gasteiger partial charge in [-0.2, -0.15) is 13.2 Å². The molecule has 116 valence electrons. The lowest BCUT2D eigenvalue weighted by molar-refractivity contribution is -0.388. The Balaban J connectivity index is 3.18. The average molecular weight is 371 g/mol. The summed E-state index contributed by atoms with van der Waals surface area (Å²) in [4.78, 5) is 21.1. The van der Waals surface area contributed by atoms with Gasteiger partial charge in [0.15, 0.2) is 0 Å². The molecule has 0 heterocycles. The molecule has 0 radical (unpaired) electrons. The van der Waals surface area contributed by atoms with Crippen molar-refractivity contribution in [2.45, 2.75) is 18.7 Å². The van der Waals surface area contributed by atoms with E-state index in [0.717, 1.165) is 13.0 Å². The molecule has 1 aromatic rings. The van der Waals surface area contributed by atoms with Gasteiger partial charge in [-0.1, -0.05) is 15.9 Å². The SMILES string of the molecule is C[C@@](O)(CBr)C(=O)Nc1ccc([N+](=O)[O-])c(C(F)(F)F)c1. The molecule has 0 spiro atoms. The van der Waals surface area contributed by atoms with E-state index >= 15 is 0 Å². The van der Waals surface area contributed by atoms with Crippen molar-refractivity contribution < 1.29 is 28.0 Å². The lowest BCUT2D eigenvalue weighted by Gasteiger charge is -2.19. The van der Waals surface area contributed by atoms with Crippen molar-refractivity contribution in [3.8, 4) is 0 Å². The van der Waals surface area contributed by atoms with Crippen LogP contribution in [0.3, 0.4) is 0 Å². The molecule has 0 fully saturated rings. The largest absolute Gasteiger partial charge is 0.423 e. The Hall–Kier alpha value is -1.68. The van der Waals surface area contributed by atoms with Crippen molar-refractivity contribution >= 4 is 33.2 Å². The van der Waals surface area contributed by atoms with Crippen molar-refractivity contribution in [1.29, 1.82) is 0 Å². The predicted octanol–water partition coefficient (Wildman–Crippen LogP) is 2.70. The second kappa shape index (κ2) is 5.98. The van der Waals surface area contributed by atoms with Gasteiger partial charge in [0.1, 0.15) is 11.2 Å². The minimum Gasteiger partial charge on any atom is -0.379 e. The van der Waals surface area contributed by atoms with Crippen molar-refractivity contribution in [2.24, 2.45) is 0 Å². The van der Waals surface area contributed by atoms with Gasteiger partial charge < -0.3 is 10.4 Å². The number of carbonyl (C=O) groups is 1. The van der Waals surface area contributed by atoms with Gasteiger partial charge in [0.2, 0.25) is 0 Å². The summed E-state index contributed by atoms with van der Waals surface area (Å²) in [6.45, 7) is 1.16. The van der Waals surface area contributed by atoms with E-state index in [1.54, 1.807) is 0 Å². The van der Waals surface area contributed by atoms with Gasteiger partial charge in [0, 0.05) is 17.1 Å². The maximum atomic E-state index is 12.8. The Kier molecular flexibility index (Phi) is 4.95. The third-order valence-corrected chi connectivity index (χ3v) is 3.60. The summed E-state index contributed by atoms with van der Waals surface area (Å²) in [6.07, 6.45) is -4.94. The smallest absolute Gasteiger partial charge is 0.379 e. The number of nitro benzene ring substituents is 1. The van der Waals surface area contributed by atoms with Gasteiger partial charge in [-0.15, -0.1) is 0 Å². The van der Waals surface area contributed by atoms with E-state index in [-0.39, 0.29) is 11.0 Å². The third-order valence-electron chi connectivity index (χ3n) is 2.51. The molecule has 0 aliphatic rings. The number of carbonyl (C=O) groups excluding carboxylic acids is 1. The zero-order valence-electron chi connectivity index (χ0n) is 10.6. The summed E-state index contributed by atoms with van der Waals surface area (Å²) >= 11 is 2.88. The molecule has 1 amide bonds. The van der Waals surface area contributed by atoms with Gasteiger partial charge in [0.05, 0.1) is 4.92 Å². The number of rotatable bonds is 4. The van der Waals surface area contributed by atoms with Crippen molar-refractivity contribution in [2.75, 3.05) is 10.6 Å². The summed E-state index contributed by atoms with van der Waals surface area (Å²) in [7, 11) is 0. The zero-order valence-corrected chi connectivity index (χ0v) is 12.2. The van der Waals surface area contributed by atoms with Crippen molar-refractivity contribution in [1.82, 2.24) is 0 Å². The topological polar surface area (TPSA) is 92.5 Å². The maximum absolute atomic E-state index is 12.8. The number of nitro groups is 1. The summed E-state index contributed by atoms with van der Waals surface area (Å²) in [5.74, 6) is -0.943. The first kappa shape index (κ1) is 17.4. The first-order valence-corrected chi connectivity index (χ1v) is 6.56. The summed E-state index contributed by atoms with van der Waals surface area (Å²) < 4.78 is 38.3. The standard InChI is InChI=1S/C11H10BrF3N2O4/c1-10(19,5-12)9(18)16-6-2-3-8(17(20)21)7(4-6)11(13,14)15/h2-4,19H,5H2,1H3,(H,16,18)/t10-/m1/s1. The molecule has 1 rings (SSSR count). The van der Waals surface area contributed by atoms with E-state index in [0.29, 0.717) is 12.1 Å². The fraction of sp³-hybridized carbons (Fsp3) is 0.364. The highest BCUT2D eigenvalue weighted by molar-refractivity contribution is 9.09. The van der Waals surface area contributed by atoms with Crippen LogP contribution in [0.4, 0.5) is 24.5 Å². The fourth-order valence-electron chi connectivity index (χ4n) is 1.33. The Bertz CT molecular complexity index is 575. The number of anilines is 1. The quantitative estimate of drug-likeness (QED) is 0.484. The molecule has 2 N–H and O–H groups in total. The lowest BCUT2D eigenvalue weighted by atomic mass is 10.1. The second-order valence-corrected chi connectivity index (χ2v) is 4.91. The molecule has 6 nitrogen and oxygen atoms in total. The lowest BCUT2D eigenvalue weighted by Crippen LogP contribution is -2.41. The van der Waals surface area contributed by atoms with Gasteiger partial charge in [-0.25, -0.2) is 0 Å². The summed E-state index contributed by atoms with van der Waals surface area (Å²) in [5.41, 5.74) is -4.74. The average Bonchev–Trinajstić information content (AvgIpc) is 2.37. The fourth-order valence-corrected chi connectivity index (χ4v) is 1.58. The van der Waals surface area contributed by atoms with Crippen LogP contribution in [0.2, 0.25) is 0 Å². The Labute approximate surface area is 125 Å². The van der Waals surface area contributed by atoms with Crippen LogP contribution in [0.15, 0.2) is 18.2 Å². The molecule has 10 heteroatoms. The molecular formula is C11H10BrF3N2O4. The van der Waals surface area contributed by atoms with Crippen LogP contribution in [0.1, 0.15) is 12.5 Å². The number of benzene rings is 1. The second-order valence-electron chi connectivity index (χ2n) is 4.35. The highest BCUT2D eigenvalue weighted by Crippen LogP contribution is 2.37. The number of halogens is 4. The Morgan fingerprint density at radius 3 is 2.48 bits per heavy atom. The van der Waals surface area contributed by atoms with Gasteiger partial charge >= 0.3 is 6.18 Å². The van der Waals surface area contributed by atoms with E-state index in [2.05, 4.69) is 21.2 Å². The van der Waals surface area contributed by atoms with Crippen molar-refractivity contribution in [3.63, 3.8) is 0 Å². The molecule has 0 saturated heterocycles. The molecule has 0 aliphatic carbocycles. The van der Waals surface area contributed by atoms with Crippen LogP contribution in [0.5, 0.6) is 0 Å². The third kappa shape index (κ3) is 4.14. The number of alkyl halides is 4. The molecule has 0 bridgehead atoms. The number of hydrogen-bond donors (Lipinski definition) is 2. The van der Waals surface area contributed by atoms with E-state index < -0.39 is 33.9 Å². The number of amides is 1. The normalized spacial score (nSPS) is 14.4. The Morgan fingerprint density at radius 1 is 1.48 bits per heavy atom.